The fourth-order valence-electron chi connectivity index (χ4n) is 2.55. The van der Waals surface area contributed by atoms with Gasteiger partial charge < -0.3 is 5.73 Å². The third-order valence-corrected chi connectivity index (χ3v) is 4.61. The molecule has 19 heavy (non-hydrogen) atoms. The van der Waals surface area contributed by atoms with Gasteiger partial charge in [-0.15, -0.1) is 0 Å². The zero-order chi connectivity index (χ0) is 13.2. The number of hydrogen-bond acceptors (Lipinski definition) is 3. The molecule has 1 aliphatic rings. The maximum absolute atomic E-state index is 5.77. The topological polar surface area (TPSA) is 29.3 Å². The minimum absolute atomic E-state index is 0.452. The van der Waals surface area contributed by atoms with Crippen molar-refractivity contribution >= 4 is 17.0 Å². The van der Waals surface area contributed by atoms with Crippen LogP contribution in [0.2, 0.25) is 0 Å². The van der Waals surface area contributed by atoms with Crippen molar-refractivity contribution in [1.82, 2.24) is 4.90 Å². The van der Waals surface area contributed by atoms with E-state index < -0.39 is 0 Å². The summed E-state index contributed by atoms with van der Waals surface area (Å²) in [5.41, 5.74) is 9.40. The molecule has 1 aromatic carbocycles. The van der Waals surface area contributed by atoms with Gasteiger partial charge >= 0.3 is 0 Å². The van der Waals surface area contributed by atoms with E-state index in [0.29, 0.717) is 6.04 Å². The number of nitrogen functional groups attached to an aromatic ring is 1. The summed E-state index contributed by atoms with van der Waals surface area (Å²) in [6, 6.07) is 11.8. The number of benzene rings is 1. The molecule has 0 bridgehead atoms. The fourth-order valence-corrected chi connectivity index (χ4v) is 3.21. The van der Waals surface area contributed by atoms with Gasteiger partial charge in [-0.1, -0.05) is 12.1 Å². The molecular formula is C16H20N2S. The molecule has 1 unspecified atom stereocenters. The average molecular weight is 272 g/mol. The summed E-state index contributed by atoms with van der Waals surface area (Å²) in [7, 11) is 0. The van der Waals surface area contributed by atoms with Crippen LogP contribution in [-0.2, 0) is 6.54 Å². The van der Waals surface area contributed by atoms with E-state index in [1.165, 1.54) is 24.0 Å². The van der Waals surface area contributed by atoms with Crippen LogP contribution in [0.5, 0.6) is 0 Å². The van der Waals surface area contributed by atoms with Gasteiger partial charge in [-0.05, 0) is 59.9 Å². The Morgan fingerprint density at radius 3 is 2.58 bits per heavy atom. The monoisotopic (exact) mass is 272 g/mol. The first-order chi connectivity index (χ1) is 9.24. The standard InChI is InChI=1S/C16H20N2S/c1-12(14-2-4-15(17)5-3-14)18(16-6-7-16)10-13-8-9-19-11-13/h2-5,8-9,11-12,16H,6-7,10,17H2,1H3. The van der Waals surface area contributed by atoms with Crippen molar-refractivity contribution in [2.45, 2.75) is 38.4 Å². The summed E-state index contributed by atoms with van der Waals surface area (Å²) in [5.74, 6) is 0. The van der Waals surface area contributed by atoms with Gasteiger partial charge in [-0.25, -0.2) is 0 Å². The van der Waals surface area contributed by atoms with Crippen LogP contribution in [0.4, 0.5) is 5.69 Å². The van der Waals surface area contributed by atoms with Crippen molar-refractivity contribution in [3.05, 3.63) is 52.2 Å². The molecular weight excluding hydrogens is 252 g/mol. The lowest BCUT2D eigenvalue weighted by Crippen LogP contribution is -2.28. The second-order valence-corrected chi connectivity index (χ2v) is 6.16. The predicted octanol–water partition coefficient (Wildman–Crippen LogP) is 4.06. The highest BCUT2D eigenvalue weighted by Crippen LogP contribution is 2.35. The fraction of sp³-hybridized carbons (Fsp3) is 0.375. The van der Waals surface area contributed by atoms with E-state index in [-0.39, 0.29) is 0 Å². The van der Waals surface area contributed by atoms with Crippen molar-refractivity contribution < 1.29 is 0 Å². The number of nitrogens with zero attached hydrogens (tertiary/aromatic N) is 1. The second-order valence-electron chi connectivity index (χ2n) is 5.38. The van der Waals surface area contributed by atoms with E-state index in [1.54, 1.807) is 11.3 Å². The lowest BCUT2D eigenvalue weighted by molar-refractivity contribution is 0.191. The van der Waals surface area contributed by atoms with E-state index in [1.807, 2.05) is 12.1 Å². The molecule has 0 saturated heterocycles. The number of thiophene rings is 1. The SMILES string of the molecule is CC(c1ccc(N)cc1)N(Cc1ccsc1)C1CC1. The molecule has 1 aromatic heterocycles. The molecule has 2 N–H and O–H groups in total. The highest BCUT2D eigenvalue weighted by Gasteiger charge is 2.32. The van der Waals surface area contributed by atoms with Gasteiger partial charge in [-0.3, -0.25) is 4.90 Å². The van der Waals surface area contributed by atoms with E-state index in [9.17, 15) is 0 Å². The predicted molar refractivity (Wildman–Crippen MR) is 82.2 cm³/mol. The summed E-state index contributed by atoms with van der Waals surface area (Å²) in [4.78, 5) is 2.62. The van der Waals surface area contributed by atoms with E-state index in [4.69, 9.17) is 5.73 Å². The maximum atomic E-state index is 5.77. The molecule has 100 valence electrons. The van der Waals surface area contributed by atoms with Crippen molar-refractivity contribution in [1.29, 1.82) is 0 Å². The molecule has 0 aliphatic heterocycles. The molecule has 0 amide bonds. The maximum Gasteiger partial charge on any atom is 0.0326 e. The second kappa shape index (κ2) is 5.35. The molecule has 2 nitrogen and oxygen atoms in total. The van der Waals surface area contributed by atoms with Crippen LogP contribution in [-0.4, -0.2) is 10.9 Å². The lowest BCUT2D eigenvalue weighted by Gasteiger charge is -2.29. The summed E-state index contributed by atoms with van der Waals surface area (Å²) < 4.78 is 0. The molecule has 2 aromatic rings. The van der Waals surface area contributed by atoms with Crippen LogP contribution in [0.1, 0.15) is 36.9 Å². The van der Waals surface area contributed by atoms with Gasteiger partial charge in [0.1, 0.15) is 0 Å². The van der Waals surface area contributed by atoms with Crippen LogP contribution in [0.15, 0.2) is 41.1 Å². The summed E-state index contributed by atoms with van der Waals surface area (Å²) >= 11 is 1.78. The number of rotatable bonds is 5. The minimum Gasteiger partial charge on any atom is -0.399 e. The van der Waals surface area contributed by atoms with Crippen LogP contribution in [0.3, 0.4) is 0 Å². The van der Waals surface area contributed by atoms with Crippen molar-refractivity contribution in [2.24, 2.45) is 0 Å². The van der Waals surface area contributed by atoms with Gasteiger partial charge in [0.25, 0.3) is 0 Å². The minimum atomic E-state index is 0.452. The first-order valence-corrected chi connectivity index (χ1v) is 7.80. The van der Waals surface area contributed by atoms with Gasteiger partial charge in [0.15, 0.2) is 0 Å². The van der Waals surface area contributed by atoms with Crippen LogP contribution >= 0.6 is 11.3 Å². The average Bonchev–Trinajstić information content (AvgIpc) is 3.13. The van der Waals surface area contributed by atoms with Crippen molar-refractivity contribution in [3.8, 4) is 0 Å². The summed E-state index contributed by atoms with van der Waals surface area (Å²) in [5, 5.41) is 4.42. The van der Waals surface area contributed by atoms with E-state index in [0.717, 1.165) is 18.3 Å². The number of nitrogens with two attached hydrogens (primary N) is 1. The first-order valence-electron chi connectivity index (χ1n) is 6.86. The Morgan fingerprint density at radius 1 is 1.26 bits per heavy atom. The van der Waals surface area contributed by atoms with Crippen molar-refractivity contribution in [3.63, 3.8) is 0 Å². The molecule has 3 heteroatoms. The first kappa shape index (κ1) is 12.7. The molecule has 1 fully saturated rings. The molecule has 3 rings (SSSR count). The Kier molecular flexibility index (Phi) is 3.58. The van der Waals surface area contributed by atoms with Gasteiger partial charge in [0, 0.05) is 24.3 Å². The van der Waals surface area contributed by atoms with Gasteiger partial charge in [0.05, 0.1) is 0 Å². The quantitative estimate of drug-likeness (QED) is 0.832. The van der Waals surface area contributed by atoms with Crippen LogP contribution in [0, 0.1) is 0 Å². The third-order valence-electron chi connectivity index (χ3n) is 3.88. The Balaban J connectivity index is 1.77. The Morgan fingerprint density at radius 2 is 2.00 bits per heavy atom. The molecule has 1 heterocycles. The Labute approximate surface area is 118 Å². The molecule has 1 saturated carbocycles. The van der Waals surface area contributed by atoms with Crippen LogP contribution < -0.4 is 5.73 Å². The number of hydrogen-bond donors (Lipinski definition) is 1. The third kappa shape index (κ3) is 2.99. The highest BCUT2D eigenvalue weighted by atomic mass is 32.1. The normalized spacial score (nSPS) is 16.7. The molecule has 0 radical (unpaired) electrons. The number of anilines is 1. The zero-order valence-corrected chi connectivity index (χ0v) is 12.1. The van der Waals surface area contributed by atoms with Crippen molar-refractivity contribution in [2.75, 3.05) is 5.73 Å². The Bertz CT molecular complexity index is 514. The van der Waals surface area contributed by atoms with E-state index in [2.05, 4.69) is 40.8 Å². The molecule has 1 atom stereocenters. The van der Waals surface area contributed by atoms with Gasteiger partial charge in [0.2, 0.25) is 0 Å². The zero-order valence-electron chi connectivity index (χ0n) is 11.3. The van der Waals surface area contributed by atoms with E-state index >= 15 is 0 Å². The summed E-state index contributed by atoms with van der Waals surface area (Å²) in [6.45, 7) is 3.36. The van der Waals surface area contributed by atoms with Gasteiger partial charge in [-0.2, -0.15) is 11.3 Å². The highest BCUT2D eigenvalue weighted by molar-refractivity contribution is 7.07. The molecule has 0 spiro atoms. The lowest BCUT2D eigenvalue weighted by atomic mass is 10.1. The Hall–Kier alpha value is -1.32. The van der Waals surface area contributed by atoms with Crippen LogP contribution in [0.25, 0.3) is 0 Å². The summed E-state index contributed by atoms with van der Waals surface area (Å²) in [6.07, 6.45) is 2.67. The largest absolute Gasteiger partial charge is 0.399 e. The molecule has 1 aliphatic carbocycles. The smallest absolute Gasteiger partial charge is 0.0326 e.